The number of halogens is 1. The van der Waals surface area contributed by atoms with E-state index in [2.05, 4.69) is 15.5 Å². The third-order valence-electron chi connectivity index (χ3n) is 2.38. The number of hydrogen-bond acceptors (Lipinski definition) is 5. The minimum absolute atomic E-state index is 0. The van der Waals surface area contributed by atoms with Gasteiger partial charge in [-0.3, -0.25) is 20.0 Å². The predicted octanol–water partition coefficient (Wildman–Crippen LogP) is 0.771. The molecule has 1 rings (SSSR count). The number of carbonyl (C=O) groups is 1. The molecular formula is C10H18ClN5O3. The molecule has 0 radical (unpaired) electrons. The fourth-order valence-corrected chi connectivity index (χ4v) is 1.54. The number of aromatic amines is 1. The van der Waals surface area contributed by atoms with Crippen LogP contribution in [0, 0.1) is 10.1 Å². The molecule has 0 aliphatic rings. The summed E-state index contributed by atoms with van der Waals surface area (Å²) in [5.41, 5.74) is 5.27. The third-order valence-corrected chi connectivity index (χ3v) is 2.38. The zero-order chi connectivity index (χ0) is 13.5. The van der Waals surface area contributed by atoms with Gasteiger partial charge in [-0.15, -0.1) is 12.4 Å². The first-order valence-electron chi connectivity index (χ1n) is 5.81. The van der Waals surface area contributed by atoms with Gasteiger partial charge in [0.1, 0.15) is 5.69 Å². The van der Waals surface area contributed by atoms with Crippen molar-refractivity contribution < 1.29 is 9.72 Å². The first-order chi connectivity index (χ1) is 8.61. The van der Waals surface area contributed by atoms with Gasteiger partial charge in [-0.05, 0) is 19.4 Å². The smallest absolute Gasteiger partial charge is 0.322 e. The summed E-state index contributed by atoms with van der Waals surface area (Å²) in [7, 11) is 0. The van der Waals surface area contributed by atoms with E-state index in [-0.39, 0.29) is 23.8 Å². The maximum absolute atomic E-state index is 11.7. The van der Waals surface area contributed by atoms with Crippen LogP contribution in [0.5, 0.6) is 0 Å². The first-order valence-corrected chi connectivity index (χ1v) is 5.81. The van der Waals surface area contributed by atoms with Crippen LogP contribution in [0.1, 0.15) is 35.9 Å². The minimum Gasteiger partial charge on any atom is -0.350 e. The molecule has 0 saturated heterocycles. The van der Waals surface area contributed by atoms with Crippen LogP contribution < -0.4 is 11.1 Å². The summed E-state index contributed by atoms with van der Waals surface area (Å²) in [6.07, 6.45) is 1.84. The molecule has 0 aromatic carbocycles. The van der Waals surface area contributed by atoms with Gasteiger partial charge < -0.3 is 11.1 Å². The van der Waals surface area contributed by atoms with E-state index in [1.807, 2.05) is 6.92 Å². The van der Waals surface area contributed by atoms with Crippen molar-refractivity contribution in [2.75, 3.05) is 13.1 Å². The Hall–Kier alpha value is -1.67. The Morgan fingerprint density at radius 3 is 2.79 bits per heavy atom. The standard InChI is InChI=1S/C10H17N5O3.ClH/c1-2-4-7-9(15(17)18)8(14-13-7)10(16)12-6-3-5-11;/h2-6,11H2,1H3,(H,12,16)(H,13,14);1H. The minimum atomic E-state index is -0.577. The van der Waals surface area contributed by atoms with Gasteiger partial charge in [0.25, 0.3) is 5.91 Å². The molecule has 1 heterocycles. The van der Waals surface area contributed by atoms with Crippen molar-refractivity contribution in [1.82, 2.24) is 15.5 Å². The van der Waals surface area contributed by atoms with Crippen LogP contribution >= 0.6 is 12.4 Å². The summed E-state index contributed by atoms with van der Waals surface area (Å²) in [5, 5.41) is 19.8. The monoisotopic (exact) mass is 291 g/mol. The normalized spacial score (nSPS) is 9.79. The van der Waals surface area contributed by atoms with Crippen molar-refractivity contribution in [3.8, 4) is 0 Å². The average molecular weight is 292 g/mol. The number of aryl methyl sites for hydroxylation is 1. The predicted molar refractivity (Wildman–Crippen MR) is 72.5 cm³/mol. The molecule has 8 nitrogen and oxygen atoms in total. The SMILES string of the molecule is CCCc1[nH]nc(C(=O)NCCCN)c1[N+](=O)[O-].Cl. The maximum atomic E-state index is 11.7. The molecule has 0 bridgehead atoms. The second kappa shape index (κ2) is 8.44. The Balaban J connectivity index is 0.00000324. The Labute approximate surface area is 116 Å². The van der Waals surface area contributed by atoms with Gasteiger partial charge in [0.05, 0.1) is 4.92 Å². The third kappa shape index (κ3) is 4.49. The molecule has 0 atom stereocenters. The van der Waals surface area contributed by atoms with Gasteiger partial charge in [-0.1, -0.05) is 13.3 Å². The summed E-state index contributed by atoms with van der Waals surface area (Å²) in [6.45, 7) is 2.72. The van der Waals surface area contributed by atoms with E-state index in [0.717, 1.165) is 6.42 Å². The lowest BCUT2D eigenvalue weighted by atomic mass is 10.2. The van der Waals surface area contributed by atoms with Crippen molar-refractivity contribution in [2.24, 2.45) is 5.73 Å². The number of carbonyl (C=O) groups excluding carboxylic acids is 1. The lowest BCUT2D eigenvalue weighted by Crippen LogP contribution is -2.26. The topological polar surface area (TPSA) is 127 Å². The van der Waals surface area contributed by atoms with Crippen LogP contribution in [0.15, 0.2) is 0 Å². The number of nitrogens with two attached hydrogens (primary N) is 1. The molecule has 108 valence electrons. The number of nitrogens with one attached hydrogen (secondary N) is 2. The Bertz CT molecular complexity index is 435. The van der Waals surface area contributed by atoms with E-state index in [9.17, 15) is 14.9 Å². The molecule has 0 aliphatic heterocycles. The van der Waals surface area contributed by atoms with Crippen molar-refractivity contribution in [3.05, 3.63) is 21.5 Å². The van der Waals surface area contributed by atoms with Gasteiger partial charge in [0.2, 0.25) is 5.69 Å². The van der Waals surface area contributed by atoms with E-state index < -0.39 is 10.8 Å². The second-order valence-electron chi connectivity index (χ2n) is 3.80. The lowest BCUT2D eigenvalue weighted by molar-refractivity contribution is -0.385. The molecule has 0 unspecified atom stereocenters. The fourth-order valence-electron chi connectivity index (χ4n) is 1.54. The highest BCUT2D eigenvalue weighted by molar-refractivity contribution is 5.96. The first kappa shape index (κ1) is 17.3. The molecule has 0 aliphatic carbocycles. The van der Waals surface area contributed by atoms with E-state index in [1.165, 1.54) is 0 Å². The number of hydrogen-bond donors (Lipinski definition) is 3. The molecule has 1 aromatic heterocycles. The van der Waals surface area contributed by atoms with Gasteiger partial charge in [-0.25, -0.2) is 0 Å². The van der Waals surface area contributed by atoms with Crippen molar-refractivity contribution in [2.45, 2.75) is 26.2 Å². The summed E-state index contributed by atoms with van der Waals surface area (Å²) >= 11 is 0. The van der Waals surface area contributed by atoms with Crippen LogP contribution in [-0.4, -0.2) is 34.1 Å². The average Bonchev–Trinajstić information content (AvgIpc) is 2.73. The van der Waals surface area contributed by atoms with E-state index in [0.29, 0.717) is 31.6 Å². The molecule has 19 heavy (non-hydrogen) atoms. The largest absolute Gasteiger partial charge is 0.350 e. The number of H-pyrrole nitrogens is 1. The number of nitro groups is 1. The molecule has 0 fully saturated rings. The zero-order valence-electron chi connectivity index (χ0n) is 10.6. The highest BCUT2D eigenvalue weighted by Gasteiger charge is 2.28. The number of aromatic nitrogens is 2. The number of rotatable bonds is 7. The number of amides is 1. The highest BCUT2D eigenvalue weighted by atomic mass is 35.5. The van der Waals surface area contributed by atoms with Gasteiger partial charge in [0, 0.05) is 6.54 Å². The Kier molecular flexibility index (Phi) is 7.69. The van der Waals surface area contributed by atoms with Crippen LogP contribution in [0.25, 0.3) is 0 Å². The number of nitrogens with zero attached hydrogens (tertiary/aromatic N) is 2. The van der Waals surface area contributed by atoms with Gasteiger partial charge >= 0.3 is 5.69 Å². The zero-order valence-corrected chi connectivity index (χ0v) is 11.5. The molecule has 9 heteroatoms. The summed E-state index contributed by atoms with van der Waals surface area (Å²) < 4.78 is 0. The Morgan fingerprint density at radius 2 is 2.26 bits per heavy atom. The van der Waals surface area contributed by atoms with Gasteiger partial charge in [-0.2, -0.15) is 5.10 Å². The van der Waals surface area contributed by atoms with Crippen LogP contribution in [0.3, 0.4) is 0 Å². The molecule has 0 spiro atoms. The van der Waals surface area contributed by atoms with E-state index >= 15 is 0 Å². The highest BCUT2D eigenvalue weighted by Crippen LogP contribution is 2.22. The fraction of sp³-hybridized carbons (Fsp3) is 0.600. The molecule has 1 aromatic rings. The lowest BCUT2D eigenvalue weighted by Gasteiger charge is -2.01. The van der Waals surface area contributed by atoms with Crippen LogP contribution in [-0.2, 0) is 6.42 Å². The summed E-state index contributed by atoms with van der Waals surface area (Å²) in [4.78, 5) is 22.1. The quantitative estimate of drug-likeness (QED) is 0.388. The molecule has 4 N–H and O–H groups in total. The second-order valence-corrected chi connectivity index (χ2v) is 3.80. The molecule has 1 amide bonds. The molecular weight excluding hydrogens is 274 g/mol. The van der Waals surface area contributed by atoms with Crippen molar-refractivity contribution in [1.29, 1.82) is 0 Å². The van der Waals surface area contributed by atoms with Gasteiger partial charge in [0.15, 0.2) is 0 Å². The van der Waals surface area contributed by atoms with Crippen LogP contribution in [0.4, 0.5) is 5.69 Å². The van der Waals surface area contributed by atoms with Crippen molar-refractivity contribution in [3.63, 3.8) is 0 Å². The maximum Gasteiger partial charge on any atom is 0.322 e. The van der Waals surface area contributed by atoms with E-state index in [1.54, 1.807) is 0 Å². The van der Waals surface area contributed by atoms with Crippen LogP contribution in [0.2, 0.25) is 0 Å². The molecule has 0 saturated carbocycles. The van der Waals surface area contributed by atoms with E-state index in [4.69, 9.17) is 5.73 Å². The summed E-state index contributed by atoms with van der Waals surface area (Å²) in [6, 6.07) is 0. The van der Waals surface area contributed by atoms with Crippen molar-refractivity contribution >= 4 is 24.0 Å². The Morgan fingerprint density at radius 1 is 1.58 bits per heavy atom. The summed E-state index contributed by atoms with van der Waals surface area (Å²) in [5.74, 6) is -0.547.